The van der Waals surface area contributed by atoms with Gasteiger partial charge in [0.25, 0.3) is 0 Å². The lowest BCUT2D eigenvalue weighted by atomic mass is 10.4. The fourth-order valence-corrected chi connectivity index (χ4v) is 4.31. The van der Waals surface area contributed by atoms with E-state index in [1.807, 2.05) is 9.95 Å². The number of sulfonamides is 1. The third-order valence-electron chi connectivity index (χ3n) is 2.93. The van der Waals surface area contributed by atoms with Crippen LogP contribution in [0.25, 0.3) is 0 Å². The second-order valence-corrected chi connectivity index (χ2v) is 7.32. The minimum Gasteiger partial charge on any atom is -0.336 e. The van der Waals surface area contributed by atoms with Crippen molar-refractivity contribution in [1.82, 2.24) is 19.6 Å². The molecule has 0 bridgehead atoms. The van der Waals surface area contributed by atoms with Crippen LogP contribution in [0.15, 0.2) is 35.1 Å². The van der Waals surface area contributed by atoms with Gasteiger partial charge in [-0.25, -0.2) is 18.1 Å². The van der Waals surface area contributed by atoms with Crippen LogP contribution >= 0.6 is 11.3 Å². The lowest BCUT2D eigenvalue weighted by Crippen LogP contribution is -2.28. The summed E-state index contributed by atoms with van der Waals surface area (Å²) in [6, 6.07) is 1.66. The Labute approximate surface area is 129 Å². The summed E-state index contributed by atoms with van der Waals surface area (Å²) in [6.07, 6.45) is 6.17. The SMILES string of the molecule is CCCNCc1sccc1S(=O)(=O)NCCn1ccnc1. The van der Waals surface area contributed by atoms with Gasteiger partial charge in [-0.05, 0) is 24.4 Å². The van der Waals surface area contributed by atoms with Crippen molar-refractivity contribution in [3.63, 3.8) is 0 Å². The zero-order valence-electron chi connectivity index (χ0n) is 11.9. The minimum absolute atomic E-state index is 0.344. The van der Waals surface area contributed by atoms with Gasteiger partial charge in [0.15, 0.2) is 0 Å². The zero-order valence-corrected chi connectivity index (χ0v) is 13.6. The third kappa shape index (κ3) is 4.63. The predicted octanol–water partition coefficient (Wildman–Crippen LogP) is 1.42. The molecule has 0 aliphatic heterocycles. The summed E-state index contributed by atoms with van der Waals surface area (Å²) in [5.41, 5.74) is 0. The first-order valence-corrected chi connectivity index (χ1v) is 9.22. The molecule has 0 saturated heterocycles. The van der Waals surface area contributed by atoms with Crippen molar-refractivity contribution in [2.45, 2.75) is 31.3 Å². The Kier molecular flexibility index (Phi) is 5.92. The Morgan fingerprint density at radius 2 is 2.24 bits per heavy atom. The normalized spacial score (nSPS) is 11.9. The van der Waals surface area contributed by atoms with Crippen LogP contribution in [0.2, 0.25) is 0 Å². The van der Waals surface area contributed by atoms with Crippen molar-refractivity contribution in [2.75, 3.05) is 13.1 Å². The predicted molar refractivity (Wildman–Crippen MR) is 83.7 cm³/mol. The van der Waals surface area contributed by atoms with Gasteiger partial charge in [0, 0.05) is 36.9 Å². The van der Waals surface area contributed by atoms with Gasteiger partial charge >= 0.3 is 0 Å². The van der Waals surface area contributed by atoms with Crippen molar-refractivity contribution in [1.29, 1.82) is 0 Å². The number of hydrogen-bond donors (Lipinski definition) is 2. The fourth-order valence-electron chi connectivity index (χ4n) is 1.88. The Bertz CT molecular complexity index is 635. The first-order chi connectivity index (χ1) is 10.1. The van der Waals surface area contributed by atoms with Crippen LogP contribution < -0.4 is 10.0 Å². The zero-order chi connectivity index (χ0) is 15.1. The largest absolute Gasteiger partial charge is 0.336 e. The number of imidazole rings is 1. The summed E-state index contributed by atoms with van der Waals surface area (Å²) in [4.78, 5) is 5.14. The average Bonchev–Trinajstić information content (AvgIpc) is 3.10. The van der Waals surface area contributed by atoms with Crippen molar-refractivity contribution in [2.24, 2.45) is 0 Å². The molecule has 8 heteroatoms. The molecule has 2 aromatic rings. The van der Waals surface area contributed by atoms with E-state index < -0.39 is 10.0 Å². The third-order valence-corrected chi connectivity index (χ3v) is 5.52. The molecule has 0 unspecified atom stereocenters. The van der Waals surface area contributed by atoms with Gasteiger partial charge in [0.1, 0.15) is 0 Å². The van der Waals surface area contributed by atoms with Gasteiger partial charge in [-0.15, -0.1) is 11.3 Å². The van der Waals surface area contributed by atoms with E-state index in [2.05, 4.69) is 21.9 Å². The summed E-state index contributed by atoms with van der Waals surface area (Å²) in [5, 5.41) is 5.05. The maximum Gasteiger partial charge on any atom is 0.241 e. The first-order valence-electron chi connectivity index (χ1n) is 6.86. The van der Waals surface area contributed by atoms with Crippen LogP contribution in [0.1, 0.15) is 18.2 Å². The Hall–Kier alpha value is -1.22. The minimum atomic E-state index is -3.45. The van der Waals surface area contributed by atoms with Crippen LogP contribution in [0.3, 0.4) is 0 Å². The number of nitrogens with one attached hydrogen (secondary N) is 2. The highest BCUT2D eigenvalue weighted by atomic mass is 32.2. The molecule has 0 aliphatic rings. The summed E-state index contributed by atoms with van der Waals surface area (Å²) in [5.74, 6) is 0. The Morgan fingerprint density at radius 3 is 2.95 bits per heavy atom. The van der Waals surface area contributed by atoms with Crippen LogP contribution in [0.5, 0.6) is 0 Å². The second kappa shape index (κ2) is 7.69. The maximum atomic E-state index is 12.3. The lowest BCUT2D eigenvalue weighted by molar-refractivity contribution is 0.571. The first kappa shape index (κ1) is 16.2. The van der Waals surface area contributed by atoms with E-state index in [-0.39, 0.29) is 0 Å². The molecule has 2 heterocycles. The van der Waals surface area contributed by atoms with Gasteiger partial charge in [0.05, 0.1) is 11.2 Å². The van der Waals surface area contributed by atoms with Crippen molar-refractivity contribution in [3.05, 3.63) is 35.0 Å². The quantitative estimate of drug-likeness (QED) is 0.683. The van der Waals surface area contributed by atoms with E-state index in [0.717, 1.165) is 17.8 Å². The highest BCUT2D eigenvalue weighted by Crippen LogP contribution is 2.21. The molecule has 2 rings (SSSR count). The number of rotatable bonds is 9. The van der Waals surface area contributed by atoms with E-state index in [4.69, 9.17) is 0 Å². The number of aromatic nitrogens is 2. The van der Waals surface area contributed by atoms with Crippen LogP contribution in [-0.4, -0.2) is 31.1 Å². The van der Waals surface area contributed by atoms with E-state index in [0.29, 0.717) is 24.5 Å². The molecule has 2 N–H and O–H groups in total. The molecule has 6 nitrogen and oxygen atoms in total. The molecular formula is C13H20N4O2S2. The average molecular weight is 328 g/mol. The molecule has 0 aromatic carbocycles. The van der Waals surface area contributed by atoms with Gasteiger partial charge in [-0.1, -0.05) is 6.92 Å². The maximum absolute atomic E-state index is 12.3. The monoisotopic (exact) mass is 328 g/mol. The molecule has 0 saturated carbocycles. The number of nitrogens with zero attached hydrogens (tertiary/aromatic N) is 2. The van der Waals surface area contributed by atoms with E-state index >= 15 is 0 Å². The fraction of sp³-hybridized carbons (Fsp3) is 0.462. The molecule has 0 atom stereocenters. The van der Waals surface area contributed by atoms with Gasteiger partial charge in [-0.2, -0.15) is 0 Å². The second-order valence-electron chi connectivity index (χ2n) is 4.58. The summed E-state index contributed by atoms with van der Waals surface area (Å²) < 4.78 is 29.1. The molecule has 0 amide bonds. The van der Waals surface area contributed by atoms with Crippen molar-refractivity contribution < 1.29 is 8.42 Å². The standard InChI is InChI=1S/C13H20N4O2S2/c1-2-4-14-10-12-13(3-9-20-12)21(18,19)16-6-8-17-7-5-15-11-17/h3,5,7,9,11,14,16H,2,4,6,8,10H2,1H3. The van der Waals surface area contributed by atoms with Crippen LogP contribution in [0.4, 0.5) is 0 Å². The summed E-state index contributed by atoms with van der Waals surface area (Å²) >= 11 is 1.46. The molecule has 116 valence electrons. The Morgan fingerprint density at radius 1 is 1.38 bits per heavy atom. The van der Waals surface area contributed by atoms with E-state index in [1.165, 1.54) is 11.3 Å². The Balaban J connectivity index is 1.94. The van der Waals surface area contributed by atoms with E-state index in [1.54, 1.807) is 24.8 Å². The molecule has 0 fully saturated rings. The van der Waals surface area contributed by atoms with Gasteiger partial charge in [0.2, 0.25) is 10.0 Å². The summed E-state index contributed by atoms with van der Waals surface area (Å²) in [6.45, 7) is 4.45. The molecule has 21 heavy (non-hydrogen) atoms. The molecule has 2 aromatic heterocycles. The highest BCUT2D eigenvalue weighted by Gasteiger charge is 2.18. The van der Waals surface area contributed by atoms with Crippen LogP contribution in [0, 0.1) is 0 Å². The molecular weight excluding hydrogens is 308 g/mol. The highest BCUT2D eigenvalue weighted by molar-refractivity contribution is 7.89. The van der Waals surface area contributed by atoms with Crippen molar-refractivity contribution in [3.8, 4) is 0 Å². The smallest absolute Gasteiger partial charge is 0.241 e. The van der Waals surface area contributed by atoms with E-state index in [9.17, 15) is 8.42 Å². The number of hydrogen-bond acceptors (Lipinski definition) is 5. The number of thiophene rings is 1. The lowest BCUT2D eigenvalue weighted by Gasteiger charge is -2.08. The van der Waals surface area contributed by atoms with Crippen LogP contribution in [-0.2, 0) is 23.1 Å². The van der Waals surface area contributed by atoms with Crippen molar-refractivity contribution >= 4 is 21.4 Å². The topological polar surface area (TPSA) is 76.0 Å². The molecule has 0 aliphatic carbocycles. The molecule has 0 spiro atoms. The molecule has 0 radical (unpaired) electrons. The van der Waals surface area contributed by atoms with Gasteiger partial charge in [-0.3, -0.25) is 0 Å². The summed E-state index contributed by atoms with van der Waals surface area (Å²) in [7, 11) is -3.45. The van der Waals surface area contributed by atoms with Gasteiger partial charge < -0.3 is 9.88 Å².